The first kappa shape index (κ1) is 13.1. The second-order valence-corrected chi connectivity index (χ2v) is 4.60. The number of hydrogen-bond acceptors (Lipinski definition) is 3. The topological polar surface area (TPSA) is 34.1 Å². The van der Waals surface area contributed by atoms with Crippen LogP contribution < -0.4 is 5.32 Å². The Morgan fingerprint density at radius 2 is 2.17 bits per heavy atom. The smallest absolute Gasteiger partial charge is 0.0885 e. The molecule has 0 aliphatic heterocycles. The van der Waals surface area contributed by atoms with Gasteiger partial charge in [0.15, 0.2) is 0 Å². The predicted molar refractivity (Wildman–Crippen MR) is 76.4 cm³/mol. The SMILES string of the molecule is CCNc1cc(COC)nc2c(C)c(Cl)ccc12. The third-order valence-corrected chi connectivity index (χ3v) is 3.29. The first-order valence-corrected chi connectivity index (χ1v) is 6.36. The molecule has 1 aromatic heterocycles. The number of aromatic nitrogens is 1. The number of ether oxygens (including phenoxy) is 1. The summed E-state index contributed by atoms with van der Waals surface area (Å²) in [4.78, 5) is 4.62. The monoisotopic (exact) mass is 264 g/mol. The average molecular weight is 265 g/mol. The zero-order chi connectivity index (χ0) is 13.1. The summed E-state index contributed by atoms with van der Waals surface area (Å²) in [5, 5.41) is 5.20. The third-order valence-electron chi connectivity index (χ3n) is 2.88. The maximum atomic E-state index is 6.15. The fraction of sp³-hybridized carbons (Fsp3) is 0.357. The Hall–Kier alpha value is -1.32. The molecule has 1 N–H and O–H groups in total. The van der Waals surface area contributed by atoms with Crippen LogP contribution in [0.2, 0.25) is 5.02 Å². The van der Waals surface area contributed by atoms with Crippen molar-refractivity contribution in [2.75, 3.05) is 19.0 Å². The van der Waals surface area contributed by atoms with Crippen LogP contribution in [0.25, 0.3) is 10.9 Å². The van der Waals surface area contributed by atoms with E-state index in [1.54, 1.807) is 7.11 Å². The third kappa shape index (κ3) is 2.42. The summed E-state index contributed by atoms with van der Waals surface area (Å²) in [5.74, 6) is 0. The van der Waals surface area contributed by atoms with E-state index in [1.807, 2.05) is 25.1 Å². The van der Waals surface area contributed by atoms with E-state index in [0.717, 1.165) is 39.4 Å². The summed E-state index contributed by atoms with van der Waals surface area (Å²) in [6.45, 7) is 5.43. The number of aryl methyl sites for hydroxylation is 1. The van der Waals surface area contributed by atoms with E-state index in [9.17, 15) is 0 Å². The van der Waals surface area contributed by atoms with Gasteiger partial charge in [-0.2, -0.15) is 0 Å². The van der Waals surface area contributed by atoms with E-state index < -0.39 is 0 Å². The van der Waals surface area contributed by atoms with E-state index >= 15 is 0 Å². The van der Waals surface area contributed by atoms with E-state index in [-0.39, 0.29) is 0 Å². The zero-order valence-electron chi connectivity index (χ0n) is 10.9. The highest BCUT2D eigenvalue weighted by Crippen LogP contribution is 2.29. The number of nitrogens with zero attached hydrogens (tertiary/aromatic N) is 1. The molecule has 0 atom stereocenters. The van der Waals surface area contributed by atoms with E-state index in [0.29, 0.717) is 6.61 Å². The molecule has 0 aliphatic carbocycles. The Morgan fingerprint density at radius 1 is 1.39 bits per heavy atom. The van der Waals surface area contributed by atoms with Gasteiger partial charge in [-0.3, -0.25) is 0 Å². The normalized spacial score (nSPS) is 10.9. The first-order chi connectivity index (χ1) is 8.67. The highest BCUT2D eigenvalue weighted by atomic mass is 35.5. The van der Waals surface area contributed by atoms with Gasteiger partial charge in [0, 0.05) is 29.8 Å². The van der Waals surface area contributed by atoms with Crippen LogP contribution in [0.4, 0.5) is 5.69 Å². The Bertz CT molecular complexity index is 569. The maximum Gasteiger partial charge on any atom is 0.0885 e. The number of methoxy groups -OCH3 is 1. The summed E-state index contributed by atoms with van der Waals surface area (Å²) in [5.41, 5.74) is 3.93. The van der Waals surface area contributed by atoms with Gasteiger partial charge in [-0.25, -0.2) is 4.98 Å². The molecule has 1 heterocycles. The van der Waals surface area contributed by atoms with Crippen LogP contribution in [0, 0.1) is 6.92 Å². The minimum atomic E-state index is 0.500. The molecule has 3 nitrogen and oxygen atoms in total. The molecule has 0 amide bonds. The molecule has 0 saturated carbocycles. The second kappa shape index (κ2) is 5.55. The fourth-order valence-electron chi connectivity index (χ4n) is 2.02. The Kier molecular flexibility index (Phi) is 4.04. The van der Waals surface area contributed by atoms with Crippen molar-refractivity contribution >= 4 is 28.2 Å². The van der Waals surface area contributed by atoms with E-state index in [1.165, 1.54) is 0 Å². The Labute approximate surface area is 112 Å². The van der Waals surface area contributed by atoms with Gasteiger partial charge >= 0.3 is 0 Å². The van der Waals surface area contributed by atoms with Crippen molar-refractivity contribution in [1.82, 2.24) is 4.98 Å². The van der Waals surface area contributed by atoms with Crippen molar-refractivity contribution in [3.05, 3.63) is 34.5 Å². The van der Waals surface area contributed by atoms with Crippen LogP contribution in [0.3, 0.4) is 0 Å². The van der Waals surface area contributed by atoms with Gasteiger partial charge in [-0.1, -0.05) is 11.6 Å². The van der Waals surface area contributed by atoms with Gasteiger partial charge < -0.3 is 10.1 Å². The van der Waals surface area contributed by atoms with Crippen molar-refractivity contribution in [3.63, 3.8) is 0 Å². The second-order valence-electron chi connectivity index (χ2n) is 4.19. The molecule has 0 spiro atoms. The lowest BCUT2D eigenvalue weighted by molar-refractivity contribution is 0.182. The molecular weight excluding hydrogens is 248 g/mol. The largest absolute Gasteiger partial charge is 0.385 e. The molecule has 0 bridgehead atoms. The first-order valence-electron chi connectivity index (χ1n) is 5.99. The van der Waals surface area contributed by atoms with Crippen LogP contribution in [-0.2, 0) is 11.3 Å². The van der Waals surface area contributed by atoms with Gasteiger partial charge in [0.1, 0.15) is 0 Å². The highest BCUT2D eigenvalue weighted by Gasteiger charge is 2.09. The van der Waals surface area contributed by atoms with Crippen LogP contribution in [0.15, 0.2) is 18.2 Å². The van der Waals surface area contributed by atoms with Gasteiger partial charge in [0.05, 0.1) is 17.8 Å². The molecule has 96 valence electrons. The van der Waals surface area contributed by atoms with Crippen molar-refractivity contribution in [3.8, 4) is 0 Å². The van der Waals surface area contributed by atoms with Crippen molar-refractivity contribution in [2.45, 2.75) is 20.5 Å². The molecule has 2 aromatic rings. The van der Waals surface area contributed by atoms with Crippen LogP contribution in [0.1, 0.15) is 18.2 Å². The van der Waals surface area contributed by atoms with Crippen molar-refractivity contribution < 1.29 is 4.74 Å². The molecule has 0 unspecified atom stereocenters. The van der Waals surface area contributed by atoms with Crippen molar-refractivity contribution in [1.29, 1.82) is 0 Å². The summed E-state index contributed by atoms with van der Waals surface area (Å²) < 4.78 is 5.16. The fourth-order valence-corrected chi connectivity index (χ4v) is 2.17. The summed E-state index contributed by atoms with van der Waals surface area (Å²) in [6, 6.07) is 5.95. The molecule has 2 rings (SSSR count). The Morgan fingerprint density at radius 3 is 2.83 bits per heavy atom. The number of benzene rings is 1. The van der Waals surface area contributed by atoms with E-state index in [4.69, 9.17) is 16.3 Å². The standard InChI is InChI=1S/C14H17ClN2O/c1-4-16-13-7-10(8-18-3)17-14-9(2)12(15)6-5-11(13)14/h5-7H,4,8H2,1-3H3,(H,16,17). The molecule has 0 saturated heterocycles. The number of rotatable bonds is 4. The van der Waals surface area contributed by atoms with Crippen LogP contribution >= 0.6 is 11.6 Å². The Balaban J connectivity index is 2.68. The molecule has 0 aliphatic rings. The van der Waals surface area contributed by atoms with E-state index in [2.05, 4.69) is 17.2 Å². The number of pyridine rings is 1. The maximum absolute atomic E-state index is 6.15. The van der Waals surface area contributed by atoms with Crippen LogP contribution in [0.5, 0.6) is 0 Å². The molecular formula is C14H17ClN2O. The minimum Gasteiger partial charge on any atom is -0.385 e. The average Bonchev–Trinajstić information content (AvgIpc) is 2.35. The minimum absolute atomic E-state index is 0.500. The van der Waals surface area contributed by atoms with Crippen LogP contribution in [-0.4, -0.2) is 18.6 Å². The van der Waals surface area contributed by atoms with Gasteiger partial charge in [-0.15, -0.1) is 0 Å². The molecule has 0 fully saturated rings. The molecule has 18 heavy (non-hydrogen) atoms. The van der Waals surface area contributed by atoms with Gasteiger partial charge in [0.2, 0.25) is 0 Å². The number of halogens is 1. The number of hydrogen-bond donors (Lipinski definition) is 1. The summed E-state index contributed by atoms with van der Waals surface area (Å²) >= 11 is 6.15. The lowest BCUT2D eigenvalue weighted by Gasteiger charge is -2.12. The zero-order valence-corrected chi connectivity index (χ0v) is 11.6. The number of anilines is 1. The predicted octanol–water partition coefficient (Wildman–Crippen LogP) is 3.77. The molecule has 1 aromatic carbocycles. The number of nitrogens with one attached hydrogen (secondary N) is 1. The summed E-state index contributed by atoms with van der Waals surface area (Å²) in [6.07, 6.45) is 0. The molecule has 4 heteroatoms. The van der Waals surface area contributed by atoms with Gasteiger partial charge in [-0.05, 0) is 37.6 Å². The lowest BCUT2D eigenvalue weighted by atomic mass is 10.1. The van der Waals surface area contributed by atoms with Crippen molar-refractivity contribution in [2.24, 2.45) is 0 Å². The summed E-state index contributed by atoms with van der Waals surface area (Å²) in [7, 11) is 1.67. The molecule has 0 radical (unpaired) electrons. The number of fused-ring (bicyclic) bond motifs is 1. The van der Waals surface area contributed by atoms with Gasteiger partial charge in [0.25, 0.3) is 0 Å². The lowest BCUT2D eigenvalue weighted by Crippen LogP contribution is -2.02. The highest BCUT2D eigenvalue weighted by molar-refractivity contribution is 6.32. The quantitative estimate of drug-likeness (QED) is 0.913.